The maximum atomic E-state index is 12.4. The van der Waals surface area contributed by atoms with Crippen molar-refractivity contribution in [3.05, 3.63) is 27.9 Å². The Morgan fingerprint density at radius 1 is 1.38 bits per heavy atom. The van der Waals surface area contributed by atoms with Crippen LogP contribution in [0.5, 0.6) is 0 Å². The summed E-state index contributed by atoms with van der Waals surface area (Å²) in [5.74, 6) is -0.631. The lowest BCUT2D eigenvalue weighted by molar-refractivity contribution is 0.0516. The van der Waals surface area contributed by atoms with Crippen molar-refractivity contribution in [1.82, 2.24) is 10.2 Å². The maximum Gasteiger partial charge on any atom is 0.357 e. The predicted octanol–water partition coefficient (Wildman–Crippen LogP) is 2.38. The number of hydrogen-bond acceptors (Lipinski definition) is 6. The Hall–Kier alpha value is -1.89. The molecule has 0 spiro atoms. The van der Waals surface area contributed by atoms with E-state index in [4.69, 9.17) is 4.74 Å². The van der Waals surface area contributed by atoms with Gasteiger partial charge >= 0.3 is 5.97 Å². The largest absolute Gasteiger partial charge is 0.461 e. The van der Waals surface area contributed by atoms with E-state index in [9.17, 15) is 14.4 Å². The monoisotopic (exact) mass is 308 g/mol. The van der Waals surface area contributed by atoms with Crippen LogP contribution in [0.4, 0.5) is 0 Å². The van der Waals surface area contributed by atoms with Crippen LogP contribution in [0.3, 0.4) is 0 Å². The zero-order chi connectivity index (χ0) is 15.4. The van der Waals surface area contributed by atoms with Crippen molar-refractivity contribution in [3.8, 4) is 0 Å². The van der Waals surface area contributed by atoms with E-state index in [1.165, 1.54) is 17.8 Å². The topological polar surface area (TPSA) is 89.1 Å². The van der Waals surface area contributed by atoms with E-state index in [2.05, 4.69) is 17.1 Å². The SMILES string of the molecule is CCCCSC1=CC(=O)c2n[nH]c(C(=O)OCC)c2C1=O. The molecule has 0 atom stereocenters. The van der Waals surface area contributed by atoms with Gasteiger partial charge in [0.25, 0.3) is 0 Å². The molecule has 7 heteroatoms. The molecule has 1 aromatic heterocycles. The fourth-order valence-corrected chi connectivity index (χ4v) is 2.98. The third-order valence-corrected chi connectivity index (χ3v) is 4.05. The number of fused-ring (bicyclic) bond motifs is 1. The fourth-order valence-electron chi connectivity index (χ4n) is 1.90. The number of aromatic nitrogens is 2. The van der Waals surface area contributed by atoms with Crippen LogP contribution < -0.4 is 0 Å². The summed E-state index contributed by atoms with van der Waals surface area (Å²) < 4.78 is 4.87. The molecule has 0 aromatic carbocycles. The van der Waals surface area contributed by atoms with E-state index in [-0.39, 0.29) is 35.1 Å². The van der Waals surface area contributed by atoms with Crippen molar-refractivity contribution < 1.29 is 19.1 Å². The van der Waals surface area contributed by atoms with Gasteiger partial charge in [-0.15, -0.1) is 11.8 Å². The third kappa shape index (κ3) is 3.07. The number of esters is 1. The van der Waals surface area contributed by atoms with Crippen molar-refractivity contribution >= 4 is 29.3 Å². The van der Waals surface area contributed by atoms with Gasteiger partial charge in [0.1, 0.15) is 5.69 Å². The standard InChI is InChI=1S/C14H16N2O4S/c1-3-5-6-21-9-7-8(17)11-10(13(9)18)12(16-15-11)14(19)20-4-2/h7H,3-6H2,1-2H3,(H,15,16). The molecule has 1 aliphatic carbocycles. The van der Waals surface area contributed by atoms with Crippen molar-refractivity contribution in [1.29, 1.82) is 0 Å². The van der Waals surface area contributed by atoms with E-state index in [0.717, 1.165) is 18.6 Å². The van der Waals surface area contributed by atoms with Gasteiger partial charge in [-0.3, -0.25) is 14.7 Å². The number of allylic oxidation sites excluding steroid dienone is 2. The molecule has 6 nitrogen and oxygen atoms in total. The molecule has 1 heterocycles. The lowest BCUT2D eigenvalue weighted by Gasteiger charge is -2.11. The number of hydrogen-bond donors (Lipinski definition) is 1. The highest BCUT2D eigenvalue weighted by atomic mass is 32.2. The summed E-state index contributed by atoms with van der Waals surface area (Å²) in [5.41, 5.74) is -0.0327. The van der Waals surface area contributed by atoms with Gasteiger partial charge in [0, 0.05) is 6.08 Å². The Morgan fingerprint density at radius 3 is 2.81 bits per heavy atom. The molecule has 0 aliphatic heterocycles. The van der Waals surface area contributed by atoms with Gasteiger partial charge in [-0.25, -0.2) is 4.79 Å². The molecule has 1 N–H and O–H groups in total. The number of thioether (sulfide) groups is 1. The van der Waals surface area contributed by atoms with Crippen molar-refractivity contribution in [2.75, 3.05) is 12.4 Å². The van der Waals surface area contributed by atoms with Crippen LogP contribution >= 0.6 is 11.8 Å². The average molecular weight is 308 g/mol. The normalized spacial score (nSPS) is 13.9. The van der Waals surface area contributed by atoms with E-state index in [1.54, 1.807) is 6.92 Å². The quantitative estimate of drug-likeness (QED) is 0.641. The summed E-state index contributed by atoms with van der Waals surface area (Å²) in [6.07, 6.45) is 3.25. The third-order valence-electron chi connectivity index (χ3n) is 2.95. The molecule has 112 valence electrons. The Bertz CT molecular complexity index is 618. The Labute approximate surface area is 126 Å². The number of ketones is 2. The number of carbonyl (C=O) groups is 3. The molecule has 1 aromatic rings. The molecule has 2 rings (SSSR count). The molecule has 0 saturated carbocycles. The van der Waals surface area contributed by atoms with Crippen molar-refractivity contribution in [2.24, 2.45) is 0 Å². The Balaban J connectivity index is 2.30. The van der Waals surface area contributed by atoms with Gasteiger partial charge in [0.05, 0.1) is 17.1 Å². The van der Waals surface area contributed by atoms with Crippen LogP contribution in [0, 0.1) is 0 Å². The Morgan fingerprint density at radius 2 is 2.14 bits per heavy atom. The van der Waals surface area contributed by atoms with Crippen molar-refractivity contribution in [3.63, 3.8) is 0 Å². The number of H-pyrrole nitrogens is 1. The lowest BCUT2D eigenvalue weighted by Crippen LogP contribution is -2.18. The second-order valence-electron chi connectivity index (χ2n) is 4.45. The highest BCUT2D eigenvalue weighted by Gasteiger charge is 2.34. The van der Waals surface area contributed by atoms with Gasteiger partial charge in [-0.05, 0) is 19.1 Å². The first-order valence-corrected chi connectivity index (χ1v) is 7.77. The highest BCUT2D eigenvalue weighted by Crippen LogP contribution is 2.30. The van der Waals surface area contributed by atoms with Crippen molar-refractivity contribution in [2.45, 2.75) is 26.7 Å². The predicted molar refractivity (Wildman–Crippen MR) is 78.7 cm³/mol. The number of ether oxygens (including phenoxy) is 1. The number of Topliss-reactive ketones (excluding diaryl/α,β-unsaturated/α-hetero) is 1. The number of nitrogens with zero attached hydrogens (tertiary/aromatic N) is 1. The molecule has 1 aliphatic rings. The van der Waals surface area contributed by atoms with E-state index in [0.29, 0.717) is 4.91 Å². The maximum absolute atomic E-state index is 12.4. The summed E-state index contributed by atoms with van der Waals surface area (Å²) >= 11 is 1.33. The van der Waals surface area contributed by atoms with Crippen LogP contribution in [-0.4, -0.2) is 40.1 Å². The van der Waals surface area contributed by atoms with Crippen LogP contribution in [0.25, 0.3) is 0 Å². The molecule has 0 saturated heterocycles. The number of nitrogens with one attached hydrogen (secondary N) is 1. The first-order valence-electron chi connectivity index (χ1n) is 6.79. The molecular weight excluding hydrogens is 292 g/mol. The van der Waals surface area contributed by atoms with Gasteiger partial charge in [-0.2, -0.15) is 5.10 Å². The zero-order valence-corrected chi connectivity index (χ0v) is 12.7. The molecular formula is C14H16N2O4S. The first kappa shape index (κ1) is 15.5. The van der Waals surface area contributed by atoms with Gasteiger partial charge in [-0.1, -0.05) is 13.3 Å². The molecule has 0 radical (unpaired) electrons. The van der Waals surface area contributed by atoms with Gasteiger partial charge in [0.15, 0.2) is 5.69 Å². The minimum Gasteiger partial charge on any atom is -0.461 e. The number of aromatic amines is 1. The molecule has 0 fully saturated rings. The van der Waals surface area contributed by atoms with E-state index >= 15 is 0 Å². The first-order chi connectivity index (χ1) is 10.1. The number of unbranched alkanes of at least 4 members (excludes halogenated alkanes) is 1. The van der Waals surface area contributed by atoms with Crippen LogP contribution in [0.1, 0.15) is 58.0 Å². The summed E-state index contributed by atoms with van der Waals surface area (Å²) in [7, 11) is 0. The second kappa shape index (κ2) is 6.71. The lowest BCUT2D eigenvalue weighted by atomic mass is 9.99. The minimum atomic E-state index is -0.674. The fraction of sp³-hybridized carbons (Fsp3) is 0.429. The minimum absolute atomic E-state index is 0.0112. The van der Waals surface area contributed by atoms with Gasteiger partial charge < -0.3 is 4.74 Å². The Kier molecular flexibility index (Phi) is 4.95. The summed E-state index contributed by atoms with van der Waals surface area (Å²) in [6, 6.07) is 0. The average Bonchev–Trinajstić information content (AvgIpc) is 2.90. The van der Waals surface area contributed by atoms with Gasteiger partial charge in [0.2, 0.25) is 11.6 Å². The highest BCUT2D eigenvalue weighted by molar-refractivity contribution is 8.04. The molecule has 0 bridgehead atoms. The van der Waals surface area contributed by atoms with E-state index < -0.39 is 5.97 Å². The summed E-state index contributed by atoms with van der Waals surface area (Å²) in [6.45, 7) is 3.90. The molecule has 21 heavy (non-hydrogen) atoms. The second-order valence-corrected chi connectivity index (χ2v) is 5.58. The zero-order valence-electron chi connectivity index (χ0n) is 11.9. The number of carbonyl (C=O) groups excluding carboxylic acids is 3. The number of rotatable bonds is 6. The van der Waals surface area contributed by atoms with Crippen LogP contribution in [0.15, 0.2) is 11.0 Å². The smallest absolute Gasteiger partial charge is 0.357 e. The van der Waals surface area contributed by atoms with Crippen LogP contribution in [0.2, 0.25) is 0 Å². The van der Waals surface area contributed by atoms with Crippen LogP contribution in [-0.2, 0) is 4.74 Å². The van der Waals surface area contributed by atoms with E-state index in [1.807, 2.05) is 0 Å². The molecule has 0 amide bonds. The summed E-state index contributed by atoms with van der Waals surface area (Å²) in [4.78, 5) is 36.6. The summed E-state index contributed by atoms with van der Waals surface area (Å²) in [5, 5.41) is 6.21. The molecule has 0 unspecified atom stereocenters.